The monoisotopic (exact) mass is 535 g/mol. The SMILES string of the molecule is C=C(C)C(=O)NCCCc1ccc(-c2ccc(-c3ccc(C4CCC(CCCCC)CC4)cc3)cc2CC)cc1. The van der Waals surface area contributed by atoms with E-state index in [0.717, 1.165) is 31.1 Å². The number of nitrogens with one attached hydrogen (secondary N) is 1. The summed E-state index contributed by atoms with van der Waals surface area (Å²) in [5, 5.41) is 2.91. The summed E-state index contributed by atoms with van der Waals surface area (Å²) in [6.45, 7) is 10.7. The molecule has 0 bridgehead atoms. The molecular formula is C38H49NO. The number of hydrogen-bond acceptors (Lipinski definition) is 1. The Morgan fingerprint density at radius 3 is 2.15 bits per heavy atom. The fourth-order valence-electron chi connectivity index (χ4n) is 6.26. The minimum atomic E-state index is -0.0581. The van der Waals surface area contributed by atoms with Crippen LogP contribution in [0, 0.1) is 5.92 Å². The summed E-state index contributed by atoms with van der Waals surface area (Å²) in [7, 11) is 0. The van der Waals surface area contributed by atoms with Crippen LogP contribution in [0.5, 0.6) is 0 Å². The highest BCUT2D eigenvalue weighted by Gasteiger charge is 2.22. The van der Waals surface area contributed by atoms with Gasteiger partial charge in [0.2, 0.25) is 5.91 Å². The molecule has 1 N–H and O–H groups in total. The molecule has 0 unspecified atom stereocenters. The second-order valence-electron chi connectivity index (χ2n) is 11.9. The van der Waals surface area contributed by atoms with Crippen LogP contribution in [0.15, 0.2) is 78.9 Å². The number of unbranched alkanes of at least 4 members (excludes halogenated alkanes) is 2. The molecular weight excluding hydrogens is 486 g/mol. The number of aryl methyl sites for hydroxylation is 2. The standard InChI is InChI=1S/C38H49NO/c1-5-7-8-10-29-12-16-32(17-13-29)33-20-22-34(23-21-33)36-24-25-37(31(6-2)27-36)35-18-14-30(15-19-35)11-9-26-39-38(40)28(3)4/h14-15,18-25,27,29,32H,3,5-13,16-17,26H2,1-2,4H3,(H,39,40). The number of amides is 1. The van der Waals surface area contributed by atoms with Gasteiger partial charge < -0.3 is 5.32 Å². The minimum absolute atomic E-state index is 0.0581. The first-order valence-electron chi connectivity index (χ1n) is 15.7. The van der Waals surface area contributed by atoms with E-state index in [2.05, 4.69) is 92.5 Å². The number of carbonyl (C=O) groups is 1. The van der Waals surface area contributed by atoms with Crippen LogP contribution in [0.1, 0.15) is 101 Å². The van der Waals surface area contributed by atoms with Gasteiger partial charge >= 0.3 is 0 Å². The van der Waals surface area contributed by atoms with E-state index in [9.17, 15) is 4.79 Å². The van der Waals surface area contributed by atoms with Crippen LogP contribution in [-0.2, 0) is 17.6 Å². The van der Waals surface area contributed by atoms with E-state index in [-0.39, 0.29) is 5.91 Å². The van der Waals surface area contributed by atoms with Gasteiger partial charge in [-0.05, 0) is 103 Å². The summed E-state index contributed by atoms with van der Waals surface area (Å²) in [5.41, 5.74) is 9.98. The molecule has 1 saturated carbocycles. The lowest BCUT2D eigenvalue weighted by molar-refractivity contribution is -0.117. The van der Waals surface area contributed by atoms with E-state index < -0.39 is 0 Å². The summed E-state index contributed by atoms with van der Waals surface area (Å²) in [5.74, 6) is 1.64. The molecule has 3 aromatic rings. The topological polar surface area (TPSA) is 29.1 Å². The molecule has 2 nitrogen and oxygen atoms in total. The maximum atomic E-state index is 11.6. The van der Waals surface area contributed by atoms with Crippen molar-refractivity contribution in [1.29, 1.82) is 0 Å². The Hall–Kier alpha value is -3.13. The van der Waals surface area contributed by atoms with Crippen molar-refractivity contribution < 1.29 is 4.79 Å². The maximum absolute atomic E-state index is 11.6. The second kappa shape index (κ2) is 15.0. The molecule has 3 aromatic carbocycles. The van der Waals surface area contributed by atoms with Crippen LogP contribution in [0.3, 0.4) is 0 Å². The van der Waals surface area contributed by atoms with Crippen molar-refractivity contribution in [3.63, 3.8) is 0 Å². The Labute approximate surface area is 243 Å². The number of carbonyl (C=O) groups excluding carboxylic acids is 1. The Balaban J connectivity index is 1.35. The number of hydrogen-bond donors (Lipinski definition) is 1. The Kier molecular flexibility index (Phi) is 11.2. The molecule has 0 aromatic heterocycles. The van der Waals surface area contributed by atoms with Gasteiger partial charge in [0.1, 0.15) is 0 Å². The summed E-state index contributed by atoms with van der Waals surface area (Å²) in [6.07, 6.45) is 14.0. The molecule has 4 rings (SSSR count). The van der Waals surface area contributed by atoms with Crippen LogP contribution in [0.25, 0.3) is 22.3 Å². The van der Waals surface area contributed by atoms with Gasteiger partial charge in [0.05, 0.1) is 0 Å². The first-order chi connectivity index (χ1) is 19.5. The van der Waals surface area contributed by atoms with E-state index in [1.165, 1.54) is 90.3 Å². The average molecular weight is 536 g/mol. The predicted octanol–water partition coefficient (Wildman–Crippen LogP) is 10.1. The van der Waals surface area contributed by atoms with Crippen molar-refractivity contribution in [3.8, 4) is 22.3 Å². The normalized spacial score (nSPS) is 17.0. The summed E-state index contributed by atoms with van der Waals surface area (Å²) >= 11 is 0. The second-order valence-corrected chi connectivity index (χ2v) is 11.9. The van der Waals surface area contributed by atoms with Gasteiger partial charge in [0, 0.05) is 12.1 Å². The number of benzene rings is 3. The third kappa shape index (κ3) is 8.19. The minimum Gasteiger partial charge on any atom is -0.352 e. The summed E-state index contributed by atoms with van der Waals surface area (Å²) < 4.78 is 0. The molecule has 0 aliphatic heterocycles. The molecule has 0 saturated heterocycles. The highest BCUT2D eigenvalue weighted by atomic mass is 16.1. The van der Waals surface area contributed by atoms with Crippen LogP contribution in [0.2, 0.25) is 0 Å². The Morgan fingerprint density at radius 2 is 1.50 bits per heavy atom. The van der Waals surface area contributed by atoms with Crippen molar-refractivity contribution in [2.45, 2.75) is 97.3 Å². The lowest BCUT2D eigenvalue weighted by Crippen LogP contribution is -2.24. The summed E-state index contributed by atoms with van der Waals surface area (Å²) in [6, 6.07) is 25.3. The molecule has 1 fully saturated rings. The Bertz CT molecular complexity index is 1230. The van der Waals surface area contributed by atoms with Crippen LogP contribution in [-0.4, -0.2) is 12.5 Å². The predicted molar refractivity (Wildman–Crippen MR) is 172 cm³/mol. The van der Waals surface area contributed by atoms with E-state index in [1.54, 1.807) is 6.92 Å². The molecule has 1 aliphatic carbocycles. The van der Waals surface area contributed by atoms with Gasteiger partial charge in [-0.1, -0.05) is 113 Å². The van der Waals surface area contributed by atoms with E-state index in [4.69, 9.17) is 0 Å². The zero-order valence-electron chi connectivity index (χ0n) is 25.1. The molecule has 0 atom stereocenters. The smallest absolute Gasteiger partial charge is 0.246 e. The van der Waals surface area contributed by atoms with Crippen LogP contribution < -0.4 is 5.32 Å². The first kappa shape index (κ1) is 29.8. The molecule has 0 radical (unpaired) electrons. The van der Waals surface area contributed by atoms with E-state index >= 15 is 0 Å². The Morgan fingerprint density at radius 1 is 0.825 bits per heavy atom. The van der Waals surface area contributed by atoms with Gasteiger partial charge in [0.15, 0.2) is 0 Å². The molecule has 2 heteroatoms. The molecule has 1 amide bonds. The average Bonchev–Trinajstić information content (AvgIpc) is 3.00. The molecule has 212 valence electrons. The molecule has 0 heterocycles. The molecule has 40 heavy (non-hydrogen) atoms. The van der Waals surface area contributed by atoms with Gasteiger partial charge in [-0.3, -0.25) is 4.79 Å². The van der Waals surface area contributed by atoms with Gasteiger partial charge in [-0.25, -0.2) is 0 Å². The van der Waals surface area contributed by atoms with Crippen LogP contribution >= 0.6 is 0 Å². The van der Waals surface area contributed by atoms with E-state index in [1.807, 2.05) is 0 Å². The molecule has 1 aliphatic rings. The van der Waals surface area contributed by atoms with Gasteiger partial charge in [-0.2, -0.15) is 0 Å². The lowest BCUT2D eigenvalue weighted by atomic mass is 9.77. The van der Waals surface area contributed by atoms with Crippen molar-refractivity contribution in [3.05, 3.63) is 95.6 Å². The van der Waals surface area contributed by atoms with Crippen molar-refractivity contribution in [2.75, 3.05) is 6.54 Å². The zero-order chi connectivity index (χ0) is 28.3. The van der Waals surface area contributed by atoms with E-state index in [0.29, 0.717) is 12.1 Å². The quantitative estimate of drug-likeness (QED) is 0.171. The fraction of sp³-hybridized carbons (Fsp3) is 0.447. The van der Waals surface area contributed by atoms with Crippen molar-refractivity contribution in [1.82, 2.24) is 5.32 Å². The third-order valence-corrected chi connectivity index (χ3v) is 8.84. The molecule has 0 spiro atoms. The lowest BCUT2D eigenvalue weighted by Gasteiger charge is -2.29. The largest absolute Gasteiger partial charge is 0.352 e. The summed E-state index contributed by atoms with van der Waals surface area (Å²) in [4.78, 5) is 11.6. The number of rotatable bonds is 13. The van der Waals surface area contributed by atoms with Crippen molar-refractivity contribution >= 4 is 5.91 Å². The highest BCUT2D eigenvalue weighted by molar-refractivity contribution is 5.92. The van der Waals surface area contributed by atoms with Gasteiger partial charge in [-0.15, -0.1) is 0 Å². The zero-order valence-corrected chi connectivity index (χ0v) is 25.1. The maximum Gasteiger partial charge on any atom is 0.246 e. The first-order valence-corrected chi connectivity index (χ1v) is 15.7. The fourth-order valence-corrected chi connectivity index (χ4v) is 6.26. The van der Waals surface area contributed by atoms with Gasteiger partial charge in [0.25, 0.3) is 0 Å². The highest BCUT2D eigenvalue weighted by Crippen LogP contribution is 2.38. The van der Waals surface area contributed by atoms with Crippen molar-refractivity contribution in [2.24, 2.45) is 5.92 Å². The third-order valence-electron chi connectivity index (χ3n) is 8.84. The van der Waals surface area contributed by atoms with Crippen LogP contribution in [0.4, 0.5) is 0 Å².